The average molecular weight is 450 g/mol. The summed E-state index contributed by atoms with van der Waals surface area (Å²) in [6.45, 7) is 0. The van der Waals surface area contributed by atoms with E-state index in [0.29, 0.717) is 5.71 Å². The molecule has 0 fully saturated rings. The van der Waals surface area contributed by atoms with Crippen molar-refractivity contribution in [1.29, 1.82) is 0 Å². The van der Waals surface area contributed by atoms with Crippen LogP contribution in [0, 0.1) is 0 Å². The second kappa shape index (κ2) is 7.81. The van der Waals surface area contributed by atoms with Crippen LogP contribution in [-0.4, -0.2) is 25.6 Å². The molecule has 24 heavy (non-hydrogen) atoms. The minimum absolute atomic E-state index is 0.197. The maximum absolute atomic E-state index is 5.89. The molecular formula is C14H11Cl6N3O. The number of alkyl halides is 6. The van der Waals surface area contributed by atoms with Gasteiger partial charge in [-0.05, 0) is 29.8 Å². The molecule has 1 aromatic carbocycles. The molecule has 0 saturated heterocycles. The number of rotatable bonds is 3. The van der Waals surface area contributed by atoms with Gasteiger partial charge in [0.05, 0.1) is 18.5 Å². The summed E-state index contributed by atoms with van der Waals surface area (Å²) in [6, 6.07) is 7.42. The maximum Gasteiger partial charge on any atom is 0.301 e. The third-order valence-corrected chi connectivity index (χ3v) is 3.93. The third-order valence-electron chi connectivity index (χ3n) is 2.84. The summed E-state index contributed by atoms with van der Waals surface area (Å²) in [7, 11) is 1.60. The predicted octanol–water partition coefficient (Wildman–Crippen LogP) is 5.47. The Morgan fingerprint density at radius 1 is 1.04 bits per heavy atom. The number of hydrazine groups is 1. The smallest absolute Gasteiger partial charge is 0.301 e. The second-order valence-electron chi connectivity index (χ2n) is 4.58. The Morgan fingerprint density at radius 3 is 2.17 bits per heavy atom. The van der Waals surface area contributed by atoms with E-state index >= 15 is 0 Å². The van der Waals surface area contributed by atoms with Crippen molar-refractivity contribution in [1.82, 2.24) is 10.5 Å². The summed E-state index contributed by atoms with van der Waals surface area (Å²) in [5, 5.41) is 5.12. The summed E-state index contributed by atoms with van der Waals surface area (Å²) in [5.41, 5.74) is 4.18. The molecular weight excluding hydrogens is 439 g/mol. The summed E-state index contributed by atoms with van der Waals surface area (Å²) in [4.78, 5) is 0. The Kier molecular flexibility index (Phi) is 6.46. The van der Waals surface area contributed by atoms with Crippen LogP contribution in [0.2, 0.25) is 0 Å². The number of hydrazone groups is 1. The number of ether oxygens (including phenoxy) is 1. The van der Waals surface area contributed by atoms with Gasteiger partial charge < -0.3 is 4.74 Å². The summed E-state index contributed by atoms with van der Waals surface area (Å²) in [6.07, 6.45) is 5.05. The van der Waals surface area contributed by atoms with Crippen molar-refractivity contribution in [3.8, 4) is 5.75 Å². The van der Waals surface area contributed by atoms with E-state index in [4.69, 9.17) is 74.3 Å². The molecule has 1 heterocycles. The molecule has 0 aromatic heterocycles. The van der Waals surface area contributed by atoms with Crippen molar-refractivity contribution in [3.05, 3.63) is 47.7 Å². The molecule has 10 heteroatoms. The van der Waals surface area contributed by atoms with Crippen molar-refractivity contribution >= 4 is 81.4 Å². The molecule has 130 valence electrons. The van der Waals surface area contributed by atoms with Crippen molar-refractivity contribution in [2.75, 3.05) is 7.11 Å². The highest BCUT2D eigenvalue weighted by Crippen LogP contribution is 2.37. The lowest BCUT2D eigenvalue weighted by atomic mass is 10.1. The van der Waals surface area contributed by atoms with E-state index < -0.39 is 7.71 Å². The first-order valence-electron chi connectivity index (χ1n) is 6.43. The number of halogens is 6. The van der Waals surface area contributed by atoms with E-state index in [2.05, 4.69) is 10.5 Å². The van der Waals surface area contributed by atoms with Gasteiger partial charge >= 0.3 is 3.92 Å². The first-order chi connectivity index (χ1) is 11.1. The Bertz CT molecular complexity index is 673. The Labute approximate surface area is 169 Å². The number of methoxy groups -OCH3 is 1. The molecule has 1 N–H and O–H groups in total. The largest absolute Gasteiger partial charge is 0.497 e. The van der Waals surface area contributed by atoms with Gasteiger partial charge in [0.2, 0.25) is 3.79 Å². The summed E-state index contributed by atoms with van der Waals surface area (Å²) >= 11 is 35.2. The highest BCUT2D eigenvalue weighted by Gasteiger charge is 2.36. The minimum Gasteiger partial charge on any atom is -0.497 e. The monoisotopic (exact) mass is 447 g/mol. The minimum atomic E-state index is -1.87. The van der Waals surface area contributed by atoms with Crippen LogP contribution in [0.25, 0.3) is 6.08 Å². The van der Waals surface area contributed by atoms with E-state index in [1.165, 1.54) is 0 Å². The van der Waals surface area contributed by atoms with Crippen LogP contribution < -0.4 is 10.2 Å². The van der Waals surface area contributed by atoms with Gasteiger partial charge in [0.15, 0.2) is 0 Å². The SMILES string of the molecule is COc1ccc(/C=C/C2=NN(C(Cl)(Cl)Cl)NC(C(Cl)(Cl)Cl)=C2)cc1. The molecule has 1 aromatic rings. The van der Waals surface area contributed by atoms with Crippen LogP contribution in [0.5, 0.6) is 5.75 Å². The van der Waals surface area contributed by atoms with Crippen LogP contribution in [0.15, 0.2) is 47.2 Å². The van der Waals surface area contributed by atoms with Crippen molar-refractivity contribution < 1.29 is 4.74 Å². The van der Waals surface area contributed by atoms with Crippen LogP contribution in [-0.2, 0) is 0 Å². The van der Waals surface area contributed by atoms with Gasteiger partial charge in [-0.15, -0.1) is 0 Å². The van der Waals surface area contributed by atoms with E-state index in [1.54, 1.807) is 19.3 Å². The zero-order valence-corrected chi connectivity index (χ0v) is 16.6. The van der Waals surface area contributed by atoms with Crippen LogP contribution in [0.4, 0.5) is 0 Å². The van der Waals surface area contributed by atoms with Crippen LogP contribution in [0.3, 0.4) is 0 Å². The molecule has 0 unspecified atom stereocenters. The zero-order chi connectivity index (χ0) is 18.0. The van der Waals surface area contributed by atoms with Gasteiger partial charge in [0.25, 0.3) is 0 Å². The van der Waals surface area contributed by atoms with E-state index in [1.807, 2.05) is 30.3 Å². The summed E-state index contributed by atoms with van der Waals surface area (Å²) in [5.74, 6) is 0.757. The number of benzene rings is 1. The standard InChI is InChI=1S/C14H11Cl6N3O/c1-24-11-6-3-9(4-7-11)2-5-10-8-12(13(15,16)17)22-23(21-10)14(18,19)20/h2-8,22H,1H3/b5-2+. The van der Waals surface area contributed by atoms with Gasteiger partial charge in [-0.3, -0.25) is 5.43 Å². The molecule has 0 amide bonds. The van der Waals surface area contributed by atoms with Gasteiger partial charge in [0, 0.05) is 0 Å². The first-order valence-corrected chi connectivity index (χ1v) is 8.69. The Morgan fingerprint density at radius 2 is 1.67 bits per heavy atom. The highest BCUT2D eigenvalue weighted by atomic mass is 35.6. The van der Waals surface area contributed by atoms with Crippen LogP contribution in [0.1, 0.15) is 5.56 Å². The topological polar surface area (TPSA) is 36.9 Å². The number of hydrogen-bond acceptors (Lipinski definition) is 4. The normalized spacial score (nSPS) is 15.9. The van der Waals surface area contributed by atoms with E-state index in [0.717, 1.165) is 16.4 Å². The number of nitrogens with one attached hydrogen (secondary N) is 1. The molecule has 0 atom stereocenters. The number of nitrogens with zero attached hydrogens (tertiary/aromatic N) is 2. The molecule has 0 saturated carbocycles. The van der Waals surface area contributed by atoms with Gasteiger partial charge in [0.1, 0.15) is 5.75 Å². The molecule has 0 aliphatic carbocycles. The maximum atomic E-state index is 5.89. The number of allylic oxidation sites excluding steroid dienone is 3. The van der Waals surface area contributed by atoms with Gasteiger partial charge in [-0.2, -0.15) is 10.2 Å². The predicted molar refractivity (Wildman–Crippen MR) is 103 cm³/mol. The fraction of sp³-hybridized carbons (Fsp3) is 0.214. The van der Waals surface area contributed by atoms with Gasteiger partial charge in [-0.1, -0.05) is 87.8 Å². The molecule has 0 spiro atoms. The fourth-order valence-corrected chi connectivity index (χ4v) is 2.24. The lowest BCUT2D eigenvalue weighted by Crippen LogP contribution is -2.47. The lowest BCUT2D eigenvalue weighted by molar-refractivity contribution is 0.216. The zero-order valence-electron chi connectivity index (χ0n) is 12.1. The third kappa shape index (κ3) is 5.51. The summed E-state index contributed by atoms with van der Waals surface area (Å²) < 4.78 is 1.51. The first kappa shape index (κ1) is 19.8. The van der Waals surface area contributed by atoms with E-state index in [9.17, 15) is 0 Å². The molecule has 0 bridgehead atoms. The Balaban J connectivity index is 2.28. The highest BCUT2D eigenvalue weighted by molar-refractivity contribution is 6.69. The second-order valence-corrected chi connectivity index (χ2v) is 9.08. The Hall–Kier alpha value is -0.490. The lowest BCUT2D eigenvalue weighted by Gasteiger charge is -2.33. The fourth-order valence-electron chi connectivity index (χ4n) is 1.71. The average Bonchev–Trinajstić information content (AvgIpc) is 2.51. The molecule has 0 radical (unpaired) electrons. The van der Waals surface area contributed by atoms with Crippen molar-refractivity contribution in [2.24, 2.45) is 5.10 Å². The van der Waals surface area contributed by atoms with E-state index in [-0.39, 0.29) is 5.70 Å². The van der Waals surface area contributed by atoms with Crippen LogP contribution >= 0.6 is 69.6 Å². The molecule has 2 rings (SSSR count). The molecule has 1 aliphatic heterocycles. The molecule has 1 aliphatic rings. The quantitative estimate of drug-likeness (QED) is 0.491. The van der Waals surface area contributed by atoms with Crippen molar-refractivity contribution in [2.45, 2.75) is 7.71 Å². The van der Waals surface area contributed by atoms with Crippen molar-refractivity contribution in [3.63, 3.8) is 0 Å². The van der Waals surface area contributed by atoms with Gasteiger partial charge in [-0.25, -0.2) is 0 Å². The number of hydrogen-bond donors (Lipinski definition) is 1. The molecule has 4 nitrogen and oxygen atoms in total.